The Labute approximate surface area is 107 Å². The van der Waals surface area contributed by atoms with Crippen LogP contribution in [0, 0.1) is 5.92 Å². The zero-order chi connectivity index (χ0) is 13.0. The summed E-state index contributed by atoms with van der Waals surface area (Å²) in [6.45, 7) is 8.10. The Morgan fingerprint density at radius 1 is 1.53 bits per heavy atom. The molecule has 0 aliphatic heterocycles. The second-order valence-electron chi connectivity index (χ2n) is 4.32. The van der Waals surface area contributed by atoms with E-state index in [0.717, 1.165) is 25.2 Å². The highest BCUT2D eigenvalue weighted by Gasteiger charge is 2.15. The predicted molar refractivity (Wildman–Crippen MR) is 71.8 cm³/mol. The Kier molecular flexibility index (Phi) is 5.00. The molecule has 0 radical (unpaired) electrons. The highest BCUT2D eigenvalue weighted by molar-refractivity contribution is 6.33. The number of hydrogen-bond donors (Lipinski definition) is 0. The van der Waals surface area contributed by atoms with E-state index in [-0.39, 0.29) is 10.6 Å². The monoisotopic (exact) mass is 257 g/mol. The summed E-state index contributed by atoms with van der Waals surface area (Å²) in [5.41, 5.74) is 0.490. The molecular weight excluding hydrogens is 238 g/mol. The Morgan fingerprint density at radius 2 is 2.18 bits per heavy atom. The van der Waals surface area contributed by atoms with Crippen LogP contribution in [0.3, 0.4) is 0 Å². The van der Waals surface area contributed by atoms with Gasteiger partial charge in [0.2, 0.25) is 0 Å². The van der Waals surface area contributed by atoms with Crippen molar-refractivity contribution in [1.82, 2.24) is 9.78 Å². The molecule has 0 aliphatic carbocycles. The van der Waals surface area contributed by atoms with Gasteiger partial charge in [0.1, 0.15) is 5.02 Å². The molecule has 4 nitrogen and oxygen atoms in total. The Hall–Kier alpha value is -1.03. The van der Waals surface area contributed by atoms with Crippen LogP contribution in [0.15, 0.2) is 11.0 Å². The van der Waals surface area contributed by atoms with Crippen LogP contribution in [-0.2, 0) is 7.05 Å². The molecule has 0 aliphatic rings. The molecule has 0 N–H and O–H groups in total. The zero-order valence-electron chi connectivity index (χ0n) is 10.9. The van der Waals surface area contributed by atoms with Crippen molar-refractivity contribution in [3.05, 3.63) is 21.6 Å². The van der Waals surface area contributed by atoms with Gasteiger partial charge in [-0.1, -0.05) is 31.9 Å². The maximum absolute atomic E-state index is 11.7. The second kappa shape index (κ2) is 6.05. The smallest absolute Gasteiger partial charge is 0.287 e. The third-order valence-electron chi connectivity index (χ3n) is 3.01. The van der Waals surface area contributed by atoms with Crippen molar-refractivity contribution in [1.29, 1.82) is 0 Å². The number of aromatic nitrogens is 2. The summed E-state index contributed by atoms with van der Waals surface area (Å²) in [5.74, 6) is 0.565. The van der Waals surface area contributed by atoms with Gasteiger partial charge in [0.25, 0.3) is 5.56 Å². The number of rotatable bonds is 5. The van der Waals surface area contributed by atoms with Crippen molar-refractivity contribution in [2.75, 3.05) is 18.0 Å². The number of hydrogen-bond acceptors (Lipinski definition) is 3. The van der Waals surface area contributed by atoms with Crippen LogP contribution in [0.25, 0.3) is 0 Å². The van der Waals surface area contributed by atoms with Crippen LogP contribution in [-0.4, -0.2) is 22.9 Å². The van der Waals surface area contributed by atoms with Crippen LogP contribution in [0.5, 0.6) is 0 Å². The largest absolute Gasteiger partial charge is 0.369 e. The number of nitrogens with zero attached hydrogens (tertiary/aromatic N) is 3. The molecule has 5 heteroatoms. The number of aryl methyl sites for hydroxylation is 1. The molecule has 1 rings (SSSR count). The lowest BCUT2D eigenvalue weighted by Gasteiger charge is -2.26. The number of halogens is 1. The molecule has 0 fully saturated rings. The van der Waals surface area contributed by atoms with Crippen molar-refractivity contribution in [2.45, 2.75) is 27.2 Å². The lowest BCUT2D eigenvalue weighted by Crippen LogP contribution is -2.31. The Morgan fingerprint density at radius 3 is 2.71 bits per heavy atom. The summed E-state index contributed by atoms with van der Waals surface area (Å²) in [4.78, 5) is 13.8. The van der Waals surface area contributed by atoms with Gasteiger partial charge in [-0.2, -0.15) is 5.10 Å². The van der Waals surface area contributed by atoms with Crippen LogP contribution < -0.4 is 10.5 Å². The van der Waals surface area contributed by atoms with E-state index >= 15 is 0 Å². The topological polar surface area (TPSA) is 38.1 Å². The molecule has 96 valence electrons. The highest BCUT2D eigenvalue weighted by atomic mass is 35.5. The summed E-state index contributed by atoms with van der Waals surface area (Å²) in [6.07, 6.45) is 2.77. The molecule has 1 unspecified atom stereocenters. The van der Waals surface area contributed by atoms with Crippen molar-refractivity contribution in [3.63, 3.8) is 0 Å². The van der Waals surface area contributed by atoms with E-state index in [0.29, 0.717) is 5.92 Å². The first-order chi connectivity index (χ1) is 8.01. The molecule has 17 heavy (non-hydrogen) atoms. The quantitative estimate of drug-likeness (QED) is 0.813. The maximum Gasteiger partial charge on any atom is 0.287 e. The summed E-state index contributed by atoms with van der Waals surface area (Å²) in [6, 6.07) is 0. The van der Waals surface area contributed by atoms with E-state index in [1.807, 2.05) is 0 Å². The molecule has 1 atom stereocenters. The Bertz CT molecular complexity index is 430. The van der Waals surface area contributed by atoms with Gasteiger partial charge >= 0.3 is 0 Å². The molecule has 0 saturated carbocycles. The van der Waals surface area contributed by atoms with Gasteiger partial charge in [-0.05, 0) is 12.8 Å². The Balaban J connectivity index is 3.04. The molecule has 1 aromatic heterocycles. The zero-order valence-corrected chi connectivity index (χ0v) is 11.7. The van der Waals surface area contributed by atoms with Gasteiger partial charge < -0.3 is 4.90 Å². The summed E-state index contributed by atoms with van der Waals surface area (Å²) >= 11 is 6.08. The molecular formula is C12H20ClN3O. The molecule has 0 bridgehead atoms. The van der Waals surface area contributed by atoms with Gasteiger partial charge in [0, 0.05) is 20.1 Å². The van der Waals surface area contributed by atoms with Crippen LogP contribution in [0.2, 0.25) is 5.02 Å². The van der Waals surface area contributed by atoms with E-state index in [9.17, 15) is 4.79 Å². The molecule has 1 aromatic rings. The van der Waals surface area contributed by atoms with E-state index in [1.54, 1.807) is 13.2 Å². The summed E-state index contributed by atoms with van der Waals surface area (Å²) in [7, 11) is 1.60. The fourth-order valence-corrected chi connectivity index (χ4v) is 1.92. The first-order valence-corrected chi connectivity index (χ1v) is 6.35. The average molecular weight is 258 g/mol. The van der Waals surface area contributed by atoms with Gasteiger partial charge in [0.15, 0.2) is 0 Å². The van der Waals surface area contributed by atoms with Crippen molar-refractivity contribution in [2.24, 2.45) is 13.0 Å². The van der Waals surface area contributed by atoms with Crippen LogP contribution >= 0.6 is 11.6 Å². The van der Waals surface area contributed by atoms with Gasteiger partial charge in [-0.25, -0.2) is 4.68 Å². The molecule has 0 spiro atoms. The minimum absolute atomic E-state index is 0.244. The lowest BCUT2D eigenvalue weighted by atomic mass is 10.1. The third kappa shape index (κ3) is 3.22. The molecule has 0 amide bonds. The molecule has 0 aromatic carbocycles. The minimum atomic E-state index is -0.244. The maximum atomic E-state index is 11.7. The first-order valence-electron chi connectivity index (χ1n) is 5.97. The summed E-state index contributed by atoms with van der Waals surface area (Å²) < 4.78 is 1.25. The molecule has 0 saturated heterocycles. The number of anilines is 1. The second-order valence-corrected chi connectivity index (χ2v) is 4.70. The first kappa shape index (κ1) is 14.0. The van der Waals surface area contributed by atoms with Crippen molar-refractivity contribution < 1.29 is 0 Å². The normalized spacial score (nSPS) is 12.5. The fourth-order valence-electron chi connectivity index (χ4n) is 1.63. The SMILES string of the molecule is CCC(C)CN(CC)c1cnn(C)c(=O)c1Cl. The van der Waals surface area contributed by atoms with Crippen molar-refractivity contribution >= 4 is 17.3 Å². The van der Waals surface area contributed by atoms with Crippen molar-refractivity contribution in [3.8, 4) is 0 Å². The van der Waals surface area contributed by atoms with Gasteiger partial charge in [0.05, 0.1) is 11.9 Å². The molecule has 1 heterocycles. The van der Waals surface area contributed by atoms with Gasteiger partial charge in [-0.3, -0.25) is 4.79 Å². The highest BCUT2D eigenvalue weighted by Crippen LogP contribution is 2.22. The van der Waals surface area contributed by atoms with E-state index in [1.165, 1.54) is 4.68 Å². The van der Waals surface area contributed by atoms with E-state index in [2.05, 4.69) is 30.8 Å². The standard InChI is InChI=1S/C12H20ClN3O/c1-5-9(3)8-16(6-2)10-7-14-15(4)12(17)11(10)13/h7,9H,5-6,8H2,1-4H3. The van der Waals surface area contributed by atoms with Gasteiger partial charge in [-0.15, -0.1) is 0 Å². The average Bonchev–Trinajstić information content (AvgIpc) is 2.33. The summed E-state index contributed by atoms with van der Waals surface area (Å²) in [5, 5.41) is 4.28. The van der Waals surface area contributed by atoms with E-state index in [4.69, 9.17) is 11.6 Å². The predicted octanol–water partition coefficient (Wildman–Crippen LogP) is 2.31. The fraction of sp³-hybridized carbons (Fsp3) is 0.667. The van der Waals surface area contributed by atoms with Crippen LogP contribution in [0.4, 0.5) is 5.69 Å². The van der Waals surface area contributed by atoms with E-state index < -0.39 is 0 Å². The van der Waals surface area contributed by atoms with Crippen LogP contribution in [0.1, 0.15) is 27.2 Å². The lowest BCUT2D eigenvalue weighted by molar-refractivity contribution is 0.546. The minimum Gasteiger partial charge on any atom is -0.369 e. The third-order valence-corrected chi connectivity index (χ3v) is 3.37.